The molecular weight excluding hydrogens is 461 g/mol. The van der Waals surface area contributed by atoms with E-state index < -0.39 is 11.7 Å². The number of aromatic hydroxyl groups is 1. The van der Waals surface area contributed by atoms with Crippen molar-refractivity contribution in [2.45, 2.75) is 6.18 Å². The van der Waals surface area contributed by atoms with E-state index in [1.807, 2.05) is 24.3 Å². The van der Waals surface area contributed by atoms with Crippen molar-refractivity contribution in [3.05, 3.63) is 76.8 Å². The summed E-state index contributed by atoms with van der Waals surface area (Å²) < 4.78 is 44.1. The van der Waals surface area contributed by atoms with Crippen LogP contribution in [0.15, 0.2) is 71.2 Å². The highest BCUT2D eigenvalue weighted by atomic mass is 79.9. The minimum absolute atomic E-state index is 0.0800. The molecule has 144 valence electrons. The van der Waals surface area contributed by atoms with Gasteiger partial charge in [-0.05, 0) is 56.0 Å². The van der Waals surface area contributed by atoms with Gasteiger partial charge in [-0.3, -0.25) is 0 Å². The Hall–Kier alpha value is -2.57. The fourth-order valence-corrected chi connectivity index (χ4v) is 5.56. The maximum atomic E-state index is 14.2. The number of hydrogen-bond donors (Lipinski definition) is 1. The average molecular weight is 473 g/mol. The quantitative estimate of drug-likeness (QED) is 0.259. The van der Waals surface area contributed by atoms with Gasteiger partial charge in [0.1, 0.15) is 5.75 Å². The van der Waals surface area contributed by atoms with Gasteiger partial charge in [-0.15, -0.1) is 11.3 Å². The van der Waals surface area contributed by atoms with Crippen LogP contribution < -0.4 is 0 Å². The molecule has 1 heterocycles. The third-order valence-electron chi connectivity index (χ3n) is 5.06. The van der Waals surface area contributed by atoms with Gasteiger partial charge in [-0.25, -0.2) is 0 Å². The summed E-state index contributed by atoms with van der Waals surface area (Å²) in [5.74, 6) is 0.0800. The molecule has 0 unspecified atom stereocenters. The van der Waals surface area contributed by atoms with Gasteiger partial charge in [0.15, 0.2) is 0 Å². The maximum Gasteiger partial charge on any atom is 0.418 e. The van der Waals surface area contributed by atoms with E-state index in [-0.39, 0.29) is 15.8 Å². The van der Waals surface area contributed by atoms with Crippen LogP contribution in [-0.2, 0) is 6.18 Å². The fourth-order valence-electron chi connectivity index (χ4n) is 3.89. The standard InChI is InChI=1S/C23H12BrF3OS/c24-16-11-12(9-10-17(16)28)19-13-5-1-2-6-14(13)21(23(25,26)27)22-20(19)15-7-3-4-8-18(15)29-22/h1-11,28H. The first kappa shape index (κ1) is 18.5. The van der Waals surface area contributed by atoms with Gasteiger partial charge < -0.3 is 5.11 Å². The van der Waals surface area contributed by atoms with E-state index in [0.29, 0.717) is 15.2 Å². The topological polar surface area (TPSA) is 20.2 Å². The van der Waals surface area contributed by atoms with Crippen LogP contribution in [0.1, 0.15) is 5.56 Å². The Balaban J connectivity index is 2.10. The van der Waals surface area contributed by atoms with Gasteiger partial charge in [0.25, 0.3) is 0 Å². The molecule has 5 aromatic rings. The van der Waals surface area contributed by atoms with Gasteiger partial charge >= 0.3 is 6.18 Å². The molecule has 0 spiro atoms. The molecule has 5 rings (SSSR count). The highest BCUT2D eigenvalue weighted by Crippen LogP contribution is 2.51. The zero-order chi connectivity index (χ0) is 20.3. The minimum atomic E-state index is -4.48. The molecule has 0 saturated carbocycles. The molecule has 1 nitrogen and oxygen atoms in total. The molecule has 1 aromatic heterocycles. The highest BCUT2D eigenvalue weighted by Gasteiger charge is 2.37. The van der Waals surface area contributed by atoms with E-state index in [4.69, 9.17) is 0 Å². The average Bonchev–Trinajstić information content (AvgIpc) is 3.06. The first-order chi connectivity index (χ1) is 13.9. The molecule has 0 saturated heterocycles. The molecule has 1 N–H and O–H groups in total. The van der Waals surface area contributed by atoms with Crippen molar-refractivity contribution in [2.24, 2.45) is 0 Å². The zero-order valence-electron chi connectivity index (χ0n) is 14.7. The number of halogens is 4. The summed E-state index contributed by atoms with van der Waals surface area (Å²) in [7, 11) is 0. The summed E-state index contributed by atoms with van der Waals surface area (Å²) in [5.41, 5.74) is 0.890. The number of phenols is 1. The molecule has 0 bridgehead atoms. The molecular formula is C23H12BrF3OS. The minimum Gasteiger partial charge on any atom is -0.507 e. The van der Waals surface area contributed by atoms with Crippen molar-refractivity contribution in [1.29, 1.82) is 0 Å². The van der Waals surface area contributed by atoms with E-state index >= 15 is 0 Å². The number of thiophene rings is 1. The van der Waals surface area contributed by atoms with E-state index in [0.717, 1.165) is 21.2 Å². The smallest absolute Gasteiger partial charge is 0.418 e. The summed E-state index contributed by atoms with van der Waals surface area (Å²) in [4.78, 5) is 0. The highest BCUT2D eigenvalue weighted by molar-refractivity contribution is 9.10. The molecule has 6 heteroatoms. The van der Waals surface area contributed by atoms with Crippen LogP contribution in [0.2, 0.25) is 0 Å². The maximum absolute atomic E-state index is 14.2. The Labute approximate surface area is 176 Å². The lowest BCUT2D eigenvalue weighted by Gasteiger charge is -2.17. The Bertz CT molecular complexity index is 1420. The molecule has 0 atom stereocenters. The third-order valence-corrected chi connectivity index (χ3v) is 6.88. The van der Waals surface area contributed by atoms with Crippen LogP contribution in [0.5, 0.6) is 5.75 Å². The SMILES string of the molecule is Oc1ccc(-c2c3ccccc3c(C(F)(F)F)c3sc4ccccc4c23)cc1Br. The number of phenolic OH excluding ortho intramolecular Hbond substituents is 1. The summed E-state index contributed by atoms with van der Waals surface area (Å²) in [6, 6.07) is 19.1. The van der Waals surface area contributed by atoms with Gasteiger partial charge in [0, 0.05) is 20.2 Å². The second kappa shape index (κ2) is 6.47. The van der Waals surface area contributed by atoms with Crippen molar-refractivity contribution < 1.29 is 18.3 Å². The largest absolute Gasteiger partial charge is 0.507 e. The number of benzene rings is 4. The number of alkyl halides is 3. The second-order valence-electron chi connectivity index (χ2n) is 6.76. The van der Waals surface area contributed by atoms with Gasteiger partial charge in [0.2, 0.25) is 0 Å². The van der Waals surface area contributed by atoms with Crippen molar-refractivity contribution >= 4 is 58.2 Å². The third kappa shape index (κ3) is 2.81. The Morgan fingerprint density at radius 1 is 0.828 bits per heavy atom. The Morgan fingerprint density at radius 3 is 2.17 bits per heavy atom. The van der Waals surface area contributed by atoms with Crippen LogP contribution in [-0.4, -0.2) is 5.11 Å². The van der Waals surface area contributed by atoms with Gasteiger partial charge in [-0.1, -0.05) is 48.5 Å². The van der Waals surface area contributed by atoms with Crippen LogP contribution in [0, 0.1) is 0 Å². The van der Waals surface area contributed by atoms with E-state index in [9.17, 15) is 18.3 Å². The molecule has 0 aliphatic carbocycles. The summed E-state index contributed by atoms with van der Waals surface area (Å²) in [6.45, 7) is 0. The molecule has 0 aliphatic heterocycles. The predicted molar refractivity (Wildman–Crippen MR) is 117 cm³/mol. The van der Waals surface area contributed by atoms with Crippen LogP contribution in [0.3, 0.4) is 0 Å². The van der Waals surface area contributed by atoms with Crippen molar-refractivity contribution in [3.63, 3.8) is 0 Å². The van der Waals surface area contributed by atoms with Crippen molar-refractivity contribution in [3.8, 4) is 16.9 Å². The molecule has 4 aromatic carbocycles. The number of hydrogen-bond acceptors (Lipinski definition) is 2. The van der Waals surface area contributed by atoms with Crippen molar-refractivity contribution in [2.75, 3.05) is 0 Å². The monoisotopic (exact) mass is 472 g/mol. The molecule has 0 aliphatic rings. The van der Waals surface area contributed by atoms with E-state index in [1.165, 1.54) is 17.4 Å². The van der Waals surface area contributed by atoms with E-state index in [1.54, 1.807) is 36.4 Å². The zero-order valence-corrected chi connectivity index (χ0v) is 17.1. The lowest BCUT2D eigenvalue weighted by molar-refractivity contribution is -0.134. The van der Waals surface area contributed by atoms with Crippen molar-refractivity contribution in [1.82, 2.24) is 0 Å². The van der Waals surface area contributed by atoms with Crippen LogP contribution in [0.25, 0.3) is 42.1 Å². The van der Waals surface area contributed by atoms with Crippen LogP contribution in [0.4, 0.5) is 13.2 Å². The summed E-state index contributed by atoms with van der Waals surface area (Å²) in [6.07, 6.45) is -4.48. The van der Waals surface area contributed by atoms with Crippen LogP contribution >= 0.6 is 27.3 Å². The first-order valence-corrected chi connectivity index (χ1v) is 10.4. The lowest BCUT2D eigenvalue weighted by atomic mass is 9.90. The molecule has 0 radical (unpaired) electrons. The fraction of sp³-hybridized carbons (Fsp3) is 0.0435. The molecule has 0 amide bonds. The second-order valence-corrected chi connectivity index (χ2v) is 8.67. The molecule has 29 heavy (non-hydrogen) atoms. The lowest BCUT2D eigenvalue weighted by Crippen LogP contribution is -2.06. The molecule has 0 fully saturated rings. The number of fused-ring (bicyclic) bond motifs is 4. The van der Waals surface area contributed by atoms with E-state index in [2.05, 4.69) is 15.9 Å². The van der Waals surface area contributed by atoms with Gasteiger partial charge in [-0.2, -0.15) is 13.2 Å². The Kier molecular flexibility index (Phi) is 4.12. The summed E-state index contributed by atoms with van der Waals surface area (Å²) >= 11 is 4.50. The normalized spacial score (nSPS) is 12.3. The predicted octanol–water partition coefficient (Wildman–Crippen LogP) is 8.36. The van der Waals surface area contributed by atoms with Gasteiger partial charge in [0.05, 0.1) is 10.0 Å². The first-order valence-electron chi connectivity index (χ1n) is 8.78. The Morgan fingerprint density at radius 2 is 1.48 bits per heavy atom. The number of rotatable bonds is 1. The summed E-state index contributed by atoms with van der Waals surface area (Å²) in [5, 5.41) is 12.0.